The van der Waals surface area contributed by atoms with E-state index < -0.39 is 4.92 Å². The van der Waals surface area contributed by atoms with E-state index in [1.165, 1.54) is 6.20 Å². The predicted molar refractivity (Wildman–Crippen MR) is 76.9 cm³/mol. The van der Waals surface area contributed by atoms with E-state index in [1.54, 1.807) is 24.3 Å². The summed E-state index contributed by atoms with van der Waals surface area (Å²) in [4.78, 5) is 27.0. The summed E-state index contributed by atoms with van der Waals surface area (Å²) >= 11 is 0. The van der Waals surface area contributed by atoms with E-state index in [2.05, 4.69) is 11.9 Å². The maximum Gasteiger partial charge on any atom is 0.298 e. The predicted octanol–water partition coefficient (Wildman–Crippen LogP) is 3.91. The number of carbonyl (C=O) groups excluding carboxylic acids is 1. The van der Waals surface area contributed by atoms with Crippen molar-refractivity contribution in [2.45, 2.75) is 32.6 Å². The van der Waals surface area contributed by atoms with Gasteiger partial charge in [0.05, 0.1) is 10.4 Å². The number of para-hydroxylation sites is 1. The molecule has 104 valence electrons. The zero-order chi connectivity index (χ0) is 14.5. The van der Waals surface area contributed by atoms with Crippen molar-refractivity contribution in [3.63, 3.8) is 0 Å². The lowest BCUT2D eigenvalue weighted by Gasteiger charge is -2.06. The van der Waals surface area contributed by atoms with E-state index in [0.29, 0.717) is 17.3 Å². The zero-order valence-corrected chi connectivity index (χ0v) is 11.3. The van der Waals surface area contributed by atoms with Gasteiger partial charge in [0, 0.05) is 11.8 Å². The number of aromatic nitrogens is 1. The Kier molecular flexibility index (Phi) is 4.40. The Morgan fingerprint density at radius 3 is 2.75 bits per heavy atom. The summed E-state index contributed by atoms with van der Waals surface area (Å²) in [6.07, 6.45) is 4.22. The van der Waals surface area contributed by atoms with Gasteiger partial charge in [0.2, 0.25) is 0 Å². The van der Waals surface area contributed by atoms with Crippen LogP contribution in [0.5, 0.6) is 0 Å². The number of carbonyl (C=O) groups is 1. The molecule has 0 saturated carbocycles. The minimum atomic E-state index is -0.535. The molecule has 0 atom stereocenters. The van der Waals surface area contributed by atoms with Crippen LogP contribution in [0.15, 0.2) is 30.5 Å². The third-order valence-electron chi connectivity index (χ3n) is 3.24. The molecule has 5 heteroatoms. The Morgan fingerprint density at radius 2 is 2.05 bits per heavy atom. The number of fused-ring (bicyclic) bond motifs is 1. The van der Waals surface area contributed by atoms with Gasteiger partial charge in [-0.25, -0.2) is 4.98 Å². The summed E-state index contributed by atoms with van der Waals surface area (Å²) in [5.41, 5.74) is 0.596. The van der Waals surface area contributed by atoms with Crippen molar-refractivity contribution in [1.29, 1.82) is 0 Å². The van der Waals surface area contributed by atoms with Crippen LogP contribution in [0.1, 0.15) is 43.0 Å². The molecule has 0 amide bonds. The van der Waals surface area contributed by atoms with E-state index >= 15 is 0 Å². The number of rotatable bonds is 6. The Labute approximate surface area is 116 Å². The number of hydrogen-bond acceptors (Lipinski definition) is 4. The quantitative estimate of drug-likeness (QED) is 0.346. The number of Topliss-reactive ketones (excluding diaryl/α,β-unsaturated/α-hetero) is 1. The molecule has 0 N–H and O–H groups in total. The van der Waals surface area contributed by atoms with Gasteiger partial charge in [0.15, 0.2) is 5.78 Å². The lowest BCUT2D eigenvalue weighted by molar-refractivity contribution is -0.385. The first-order chi connectivity index (χ1) is 9.65. The van der Waals surface area contributed by atoms with Crippen molar-refractivity contribution >= 4 is 22.4 Å². The van der Waals surface area contributed by atoms with E-state index in [9.17, 15) is 14.9 Å². The van der Waals surface area contributed by atoms with Crippen molar-refractivity contribution in [2.24, 2.45) is 0 Å². The van der Waals surface area contributed by atoms with Crippen molar-refractivity contribution in [1.82, 2.24) is 4.98 Å². The number of hydrogen-bond donors (Lipinski definition) is 0. The second kappa shape index (κ2) is 6.23. The molecule has 1 heterocycles. The van der Waals surface area contributed by atoms with Crippen LogP contribution in [0, 0.1) is 10.1 Å². The molecule has 20 heavy (non-hydrogen) atoms. The molecular weight excluding hydrogens is 256 g/mol. The molecule has 0 bridgehead atoms. The molecule has 2 aromatic rings. The zero-order valence-electron chi connectivity index (χ0n) is 11.3. The highest BCUT2D eigenvalue weighted by atomic mass is 16.6. The van der Waals surface area contributed by atoms with Crippen LogP contribution in [0.3, 0.4) is 0 Å². The second-order valence-electron chi connectivity index (χ2n) is 4.67. The first-order valence-electron chi connectivity index (χ1n) is 6.70. The van der Waals surface area contributed by atoms with Gasteiger partial charge in [0.1, 0.15) is 11.8 Å². The number of benzene rings is 1. The summed E-state index contributed by atoms with van der Waals surface area (Å²) in [6, 6.07) is 7.02. The van der Waals surface area contributed by atoms with Crippen molar-refractivity contribution in [3.05, 3.63) is 46.1 Å². The van der Waals surface area contributed by atoms with Gasteiger partial charge in [-0.05, 0) is 12.5 Å². The molecule has 0 saturated heterocycles. The van der Waals surface area contributed by atoms with Crippen LogP contribution in [-0.4, -0.2) is 15.7 Å². The molecule has 1 aromatic heterocycles. The molecular formula is C15H16N2O3. The number of nitrogens with zero attached hydrogens (tertiary/aromatic N) is 2. The van der Waals surface area contributed by atoms with Crippen molar-refractivity contribution in [3.8, 4) is 0 Å². The molecule has 0 radical (unpaired) electrons. The van der Waals surface area contributed by atoms with E-state index in [4.69, 9.17) is 0 Å². The smallest absolute Gasteiger partial charge is 0.294 e. The Hall–Kier alpha value is -2.30. The van der Waals surface area contributed by atoms with Crippen LogP contribution in [-0.2, 0) is 0 Å². The summed E-state index contributed by atoms with van der Waals surface area (Å²) in [7, 11) is 0. The standard InChI is InChI=1S/C15H16N2O3/c1-2-3-4-9-14(18)15-11-7-5-6-8-12(11)16-10-13(15)17(19)20/h5-8,10H,2-4,9H2,1H3. The molecule has 5 nitrogen and oxygen atoms in total. The minimum absolute atomic E-state index is 0.177. The monoisotopic (exact) mass is 272 g/mol. The van der Waals surface area contributed by atoms with Gasteiger partial charge in [-0.1, -0.05) is 38.0 Å². The Morgan fingerprint density at radius 1 is 1.30 bits per heavy atom. The van der Waals surface area contributed by atoms with E-state index in [1.807, 2.05) is 0 Å². The minimum Gasteiger partial charge on any atom is -0.294 e. The lowest BCUT2D eigenvalue weighted by atomic mass is 9.99. The normalized spacial score (nSPS) is 10.7. The van der Waals surface area contributed by atoms with Crippen LogP contribution < -0.4 is 0 Å². The highest BCUT2D eigenvalue weighted by Gasteiger charge is 2.23. The third-order valence-corrected chi connectivity index (χ3v) is 3.24. The first-order valence-corrected chi connectivity index (χ1v) is 6.70. The number of nitro groups is 1. The molecule has 0 aliphatic heterocycles. The Bertz CT molecular complexity index is 653. The van der Waals surface area contributed by atoms with Crippen LogP contribution in [0.25, 0.3) is 10.9 Å². The van der Waals surface area contributed by atoms with Gasteiger partial charge in [-0.2, -0.15) is 0 Å². The maximum absolute atomic E-state index is 12.3. The fourth-order valence-electron chi connectivity index (χ4n) is 2.22. The summed E-state index contributed by atoms with van der Waals surface area (Å²) in [5.74, 6) is -0.177. The average Bonchev–Trinajstić information content (AvgIpc) is 2.46. The van der Waals surface area contributed by atoms with Gasteiger partial charge in [0.25, 0.3) is 5.69 Å². The summed E-state index contributed by atoms with van der Waals surface area (Å²) in [6.45, 7) is 2.05. The number of pyridine rings is 1. The SMILES string of the molecule is CCCCCC(=O)c1c([N+](=O)[O-])cnc2ccccc12. The van der Waals surface area contributed by atoms with E-state index in [0.717, 1.165) is 19.3 Å². The molecule has 0 aliphatic carbocycles. The summed E-state index contributed by atoms with van der Waals surface area (Å²) in [5, 5.41) is 11.7. The second-order valence-corrected chi connectivity index (χ2v) is 4.67. The summed E-state index contributed by atoms with van der Waals surface area (Å²) < 4.78 is 0. The fourth-order valence-corrected chi connectivity index (χ4v) is 2.22. The Balaban J connectivity index is 2.49. The average molecular weight is 272 g/mol. The van der Waals surface area contributed by atoms with Crippen LogP contribution in [0.4, 0.5) is 5.69 Å². The largest absolute Gasteiger partial charge is 0.298 e. The molecule has 0 spiro atoms. The van der Waals surface area contributed by atoms with Crippen LogP contribution >= 0.6 is 0 Å². The molecule has 1 aromatic carbocycles. The van der Waals surface area contributed by atoms with Gasteiger partial charge < -0.3 is 0 Å². The topological polar surface area (TPSA) is 73.1 Å². The fraction of sp³-hybridized carbons (Fsp3) is 0.333. The first kappa shape index (κ1) is 14.1. The van der Waals surface area contributed by atoms with Crippen molar-refractivity contribution in [2.75, 3.05) is 0 Å². The molecule has 0 unspecified atom stereocenters. The van der Waals surface area contributed by atoms with Gasteiger partial charge in [-0.15, -0.1) is 0 Å². The molecule has 0 fully saturated rings. The maximum atomic E-state index is 12.3. The number of ketones is 1. The van der Waals surface area contributed by atoms with Crippen LogP contribution in [0.2, 0.25) is 0 Å². The van der Waals surface area contributed by atoms with Gasteiger partial charge in [-0.3, -0.25) is 14.9 Å². The van der Waals surface area contributed by atoms with Gasteiger partial charge >= 0.3 is 0 Å². The van der Waals surface area contributed by atoms with Crippen molar-refractivity contribution < 1.29 is 9.72 Å². The lowest BCUT2D eigenvalue weighted by Crippen LogP contribution is -2.06. The molecule has 0 aliphatic rings. The van der Waals surface area contributed by atoms with E-state index in [-0.39, 0.29) is 17.0 Å². The highest BCUT2D eigenvalue weighted by molar-refractivity contribution is 6.10. The number of unbranched alkanes of at least 4 members (excludes halogenated alkanes) is 2. The molecule has 2 rings (SSSR count). The highest BCUT2D eigenvalue weighted by Crippen LogP contribution is 2.27. The third kappa shape index (κ3) is 2.82.